The lowest BCUT2D eigenvalue weighted by molar-refractivity contribution is 0.207. The summed E-state index contributed by atoms with van der Waals surface area (Å²) in [5.74, 6) is 0.956. The van der Waals surface area contributed by atoms with E-state index in [0.717, 1.165) is 18.6 Å². The lowest BCUT2D eigenvalue weighted by atomic mass is 10.0. The molecule has 0 heterocycles. The second kappa shape index (κ2) is 5.54. The first kappa shape index (κ1) is 13.0. The van der Waals surface area contributed by atoms with E-state index in [-0.39, 0.29) is 6.10 Å². The van der Waals surface area contributed by atoms with Crippen LogP contribution in [0.25, 0.3) is 6.08 Å². The third kappa shape index (κ3) is 2.49. The molecule has 1 unspecified atom stereocenters. The minimum atomic E-state index is 0.206. The molecule has 2 aromatic carbocycles. The Morgan fingerprint density at radius 1 is 1.10 bits per heavy atom. The molecule has 1 aliphatic carbocycles. The first-order valence-corrected chi connectivity index (χ1v) is 7.26. The summed E-state index contributed by atoms with van der Waals surface area (Å²) >= 11 is 0. The highest BCUT2D eigenvalue weighted by molar-refractivity contribution is 5.50. The van der Waals surface area contributed by atoms with Gasteiger partial charge in [0.2, 0.25) is 0 Å². The van der Waals surface area contributed by atoms with Gasteiger partial charge in [-0.15, -0.1) is 0 Å². The van der Waals surface area contributed by atoms with E-state index in [1.165, 1.54) is 22.3 Å². The van der Waals surface area contributed by atoms with Crippen molar-refractivity contribution in [3.8, 4) is 5.75 Å². The summed E-state index contributed by atoms with van der Waals surface area (Å²) in [7, 11) is 0. The van der Waals surface area contributed by atoms with Crippen molar-refractivity contribution >= 4 is 6.08 Å². The van der Waals surface area contributed by atoms with Gasteiger partial charge in [0, 0.05) is 0 Å². The van der Waals surface area contributed by atoms with Gasteiger partial charge in [0.25, 0.3) is 0 Å². The SMILES string of the molecule is C/C=C/c1ccc(OC2CCc3c(C)cccc32)cc1. The van der Waals surface area contributed by atoms with Crippen molar-refractivity contribution in [1.82, 2.24) is 0 Å². The van der Waals surface area contributed by atoms with E-state index in [0.29, 0.717) is 0 Å². The molecule has 1 heteroatoms. The molecule has 0 fully saturated rings. The number of allylic oxidation sites excluding steroid dienone is 1. The third-order valence-electron chi connectivity index (χ3n) is 3.97. The molecule has 2 aromatic rings. The monoisotopic (exact) mass is 264 g/mol. The summed E-state index contributed by atoms with van der Waals surface area (Å²) in [6.45, 7) is 4.22. The first-order chi connectivity index (χ1) is 9.78. The van der Waals surface area contributed by atoms with E-state index < -0.39 is 0 Å². The standard InChI is InChI=1S/C19H20O/c1-3-5-15-8-10-16(11-9-15)20-19-13-12-17-14(2)6-4-7-18(17)19/h3-11,19H,12-13H2,1-2H3/b5-3+. The highest BCUT2D eigenvalue weighted by Gasteiger charge is 2.24. The zero-order valence-electron chi connectivity index (χ0n) is 12.1. The van der Waals surface area contributed by atoms with Crippen LogP contribution in [-0.4, -0.2) is 0 Å². The van der Waals surface area contributed by atoms with Crippen LogP contribution < -0.4 is 4.74 Å². The van der Waals surface area contributed by atoms with E-state index in [9.17, 15) is 0 Å². The minimum absolute atomic E-state index is 0.206. The van der Waals surface area contributed by atoms with Crippen LogP contribution in [0.5, 0.6) is 5.75 Å². The Balaban J connectivity index is 1.78. The second-order valence-corrected chi connectivity index (χ2v) is 5.36. The molecule has 20 heavy (non-hydrogen) atoms. The van der Waals surface area contributed by atoms with E-state index in [1.807, 2.05) is 13.0 Å². The van der Waals surface area contributed by atoms with Crippen molar-refractivity contribution in [3.63, 3.8) is 0 Å². The summed E-state index contributed by atoms with van der Waals surface area (Å²) < 4.78 is 6.17. The van der Waals surface area contributed by atoms with Crippen molar-refractivity contribution < 1.29 is 4.74 Å². The van der Waals surface area contributed by atoms with Crippen molar-refractivity contribution in [1.29, 1.82) is 0 Å². The molecule has 0 bridgehead atoms. The smallest absolute Gasteiger partial charge is 0.124 e. The Morgan fingerprint density at radius 2 is 1.90 bits per heavy atom. The topological polar surface area (TPSA) is 9.23 Å². The van der Waals surface area contributed by atoms with Gasteiger partial charge in [0.15, 0.2) is 0 Å². The normalized spacial score (nSPS) is 17.4. The van der Waals surface area contributed by atoms with Gasteiger partial charge in [0.05, 0.1) is 0 Å². The number of ether oxygens (including phenoxy) is 1. The van der Waals surface area contributed by atoms with E-state index in [2.05, 4.69) is 55.5 Å². The Labute approximate surface area is 120 Å². The molecule has 3 rings (SSSR count). The van der Waals surface area contributed by atoms with Gasteiger partial charge in [-0.25, -0.2) is 0 Å². The van der Waals surface area contributed by atoms with E-state index in [1.54, 1.807) is 0 Å². The number of benzene rings is 2. The largest absolute Gasteiger partial charge is 0.486 e. The third-order valence-corrected chi connectivity index (χ3v) is 3.97. The van der Waals surface area contributed by atoms with Gasteiger partial charge in [0.1, 0.15) is 11.9 Å². The van der Waals surface area contributed by atoms with E-state index in [4.69, 9.17) is 4.74 Å². The molecular formula is C19H20O. The van der Waals surface area contributed by atoms with Gasteiger partial charge < -0.3 is 4.74 Å². The predicted molar refractivity (Wildman–Crippen MR) is 84.0 cm³/mol. The maximum atomic E-state index is 6.17. The lowest BCUT2D eigenvalue weighted by Crippen LogP contribution is -2.03. The number of fused-ring (bicyclic) bond motifs is 1. The Morgan fingerprint density at radius 3 is 2.65 bits per heavy atom. The molecule has 0 aromatic heterocycles. The van der Waals surface area contributed by atoms with Crippen LogP contribution >= 0.6 is 0 Å². The molecule has 0 N–H and O–H groups in total. The quantitative estimate of drug-likeness (QED) is 0.750. The van der Waals surface area contributed by atoms with Gasteiger partial charge in [-0.3, -0.25) is 0 Å². The van der Waals surface area contributed by atoms with Crippen LogP contribution in [0, 0.1) is 6.92 Å². The van der Waals surface area contributed by atoms with Gasteiger partial charge >= 0.3 is 0 Å². The fraction of sp³-hybridized carbons (Fsp3) is 0.263. The van der Waals surface area contributed by atoms with Gasteiger partial charge in [-0.05, 0) is 61.1 Å². The predicted octanol–water partition coefficient (Wildman–Crippen LogP) is 5.09. The first-order valence-electron chi connectivity index (χ1n) is 7.26. The number of aryl methyl sites for hydroxylation is 1. The van der Waals surface area contributed by atoms with Crippen molar-refractivity contribution in [3.05, 3.63) is 70.8 Å². The maximum absolute atomic E-state index is 6.17. The molecule has 0 aliphatic heterocycles. The van der Waals surface area contributed by atoms with Crippen LogP contribution in [-0.2, 0) is 6.42 Å². The minimum Gasteiger partial charge on any atom is -0.486 e. The zero-order valence-corrected chi connectivity index (χ0v) is 12.1. The molecule has 0 saturated carbocycles. The Kier molecular flexibility index (Phi) is 3.60. The van der Waals surface area contributed by atoms with Crippen molar-refractivity contribution in [2.45, 2.75) is 32.8 Å². The fourth-order valence-corrected chi connectivity index (χ4v) is 2.94. The number of hydrogen-bond acceptors (Lipinski definition) is 1. The molecule has 0 amide bonds. The fourth-order valence-electron chi connectivity index (χ4n) is 2.94. The number of hydrogen-bond donors (Lipinski definition) is 0. The lowest BCUT2D eigenvalue weighted by Gasteiger charge is -2.15. The van der Waals surface area contributed by atoms with Crippen molar-refractivity contribution in [2.75, 3.05) is 0 Å². The maximum Gasteiger partial charge on any atom is 0.124 e. The molecule has 1 atom stereocenters. The second-order valence-electron chi connectivity index (χ2n) is 5.36. The van der Waals surface area contributed by atoms with Crippen LogP contribution in [0.1, 0.15) is 41.7 Å². The number of rotatable bonds is 3. The van der Waals surface area contributed by atoms with Crippen molar-refractivity contribution in [2.24, 2.45) is 0 Å². The van der Waals surface area contributed by atoms with Crippen LogP contribution in [0.3, 0.4) is 0 Å². The molecule has 0 spiro atoms. The van der Waals surface area contributed by atoms with Crippen LogP contribution in [0.2, 0.25) is 0 Å². The zero-order chi connectivity index (χ0) is 13.9. The summed E-state index contributed by atoms with van der Waals surface area (Å²) in [6, 6.07) is 14.8. The molecule has 0 saturated heterocycles. The average molecular weight is 264 g/mol. The van der Waals surface area contributed by atoms with Crippen LogP contribution in [0.15, 0.2) is 48.5 Å². The van der Waals surface area contributed by atoms with Gasteiger partial charge in [-0.1, -0.05) is 42.5 Å². The molecule has 0 radical (unpaired) electrons. The summed E-state index contributed by atoms with van der Waals surface area (Å²) in [6.07, 6.45) is 6.56. The summed E-state index contributed by atoms with van der Waals surface area (Å²) in [5, 5.41) is 0. The summed E-state index contributed by atoms with van der Waals surface area (Å²) in [4.78, 5) is 0. The molecular weight excluding hydrogens is 244 g/mol. The summed E-state index contributed by atoms with van der Waals surface area (Å²) in [5.41, 5.74) is 5.44. The Hall–Kier alpha value is -2.02. The Bertz CT molecular complexity index is 623. The highest BCUT2D eigenvalue weighted by Crippen LogP contribution is 2.36. The molecule has 102 valence electrons. The molecule has 1 nitrogen and oxygen atoms in total. The van der Waals surface area contributed by atoms with Gasteiger partial charge in [-0.2, -0.15) is 0 Å². The highest BCUT2D eigenvalue weighted by atomic mass is 16.5. The molecule has 1 aliphatic rings. The van der Waals surface area contributed by atoms with Crippen LogP contribution in [0.4, 0.5) is 0 Å². The average Bonchev–Trinajstić information content (AvgIpc) is 2.86. The van der Waals surface area contributed by atoms with E-state index >= 15 is 0 Å².